The average Bonchev–Trinajstić information content (AvgIpc) is 2.61. The van der Waals surface area contributed by atoms with Crippen molar-refractivity contribution in [1.82, 2.24) is 10.6 Å². The lowest BCUT2D eigenvalue weighted by atomic mass is 9.94. The van der Waals surface area contributed by atoms with Crippen LogP contribution in [0.3, 0.4) is 0 Å². The summed E-state index contributed by atoms with van der Waals surface area (Å²) in [6, 6.07) is -0.312. The van der Waals surface area contributed by atoms with Crippen LogP contribution >= 0.6 is 0 Å². The van der Waals surface area contributed by atoms with Gasteiger partial charge in [0.1, 0.15) is 0 Å². The Morgan fingerprint density at radius 3 is 2.52 bits per heavy atom. The van der Waals surface area contributed by atoms with Crippen LogP contribution in [0.1, 0.15) is 44.9 Å². The first-order valence-corrected chi connectivity index (χ1v) is 9.64. The number of hydrogen-bond donors (Lipinski definition) is 3. The largest absolute Gasteiger partial charge is 0.388 e. The third-order valence-electron chi connectivity index (χ3n) is 4.38. The van der Waals surface area contributed by atoms with Gasteiger partial charge in [0.15, 0.2) is 9.84 Å². The molecule has 1 aliphatic heterocycles. The Bertz CT molecular complexity index is 456. The molecule has 7 heteroatoms. The number of nitrogens with one attached hydrogen (secondary N) is 2. The van der Waals surface area contributed by atoms with Gasteiger partial charge in [0.25, 0.3) is 0 Å². The Balaban J connectivity index is 1.76. The van der Waals surface area contributed by atoms with Crippen molar-refractivity contribution in [3.05, 3.63) is 0 Å². The maximum Gasteiger partial charge on any atom is 0.221 e. The van der Waals surface area contributed by atoms with E-state index in [9.17, 15) is 18.3 Å². The molecule has 0 aromatic heterocycles. The Labute approximate surface area is 126 Å². The predicted octanol–water partition coefficient (Wildman–Crippen LogP) is -0.0354. The van der Waals surface area contributed by atoms with Crippen molar-refractivity contribution in [2.45, 2.75) is 56.6 Å². The Morgan fingerprint density at radius 1 is 1.24 bits per heavy atom. The van der Waals surface area contributed by atoms with Gasteiger partial charge in [-0.3, -0.25) is 4.79 Å². The van der Waals surface area contributed by atoms with Crippen LogP contribution in [0.2, 0.25) is 0 Å². The van der Waals surface area contributed by atoms with Crippen LogP contribution in [-0.4, -0.2) is 55.7 Å². The van der Waals surface area contributed by atoms with E-state index in [2.05, 4.69) is 10.6 Å². The zero-order valence-electron chi connectivity index (χ0n) is 12.4. The van der Waals surface area contributed by atoms with Gasteiger partial charge in [-0.05, 0) is 12.8 Å². The topological polar surface area (TPSA) is 95.5 Å². The molecule has 0 spiro atoms. The predicted molar refractivity (Wildman–Crippen MR) is 80.7 cm³/mol. The summed E-state index contributed by atoms with van der Waals surface area (Å²) >= 11 is 0. The highest BCUT2D eigenvalue weighted by atomic mass is 32.2. The van der Waals surface area contributed by atoms with Gasteiger partial charge in [-0.25, -0.2) is 8.42 Å². The number of aliphatic hydroxyl groups is 1. The van der Waals surface area contributed by atoms with E-state index in [1.54, 1.807) is 0 Å². The van der Waals surface area contributed by atoms with Crippen molar-refractivity contribution in [2.24, 2.45) is 0 Å². The third kappa shape index (κ3) is 5.56. The SMILES string of the molecule is O=C(CC1CS(=O)(=O)CCN1)NCC1(O)CCCCCC1. The minimum Gasteiger partial charge on any atom is -0.388 e. The Kier molecular flexibility index (Phi) is 5.62. The number of hydrogen-bond acceptors (Lipinski definition) is 5. The molecule has 1 saturated heterocycles. The summed E-state index contributed by atoms with van der Waals surface area (Å²) < 4.78 is 23.1. The van der Waals surface area contributed by atoms with E-state index in [-0.39, 0.29) is 36.4 Å². The van der Waals surface area contributed by atoms with Crippen molar-refractivity contribution in [2.75, 3.05) is 24.6 Å². The fourth-order valence-corrected chi connectivity index (χ4v) is 4.57. The van der Waals surface area contributed by atoms with Gasteiger partial charge in [-0.15, -0.1) is 0 Å². The van der Waals surface area contributed by atoms with E-state index in [4.69, 9.17) is 0 Å². The zero-order chi connectivity index (χ0) is 15.3. The molecule has 2 aliphatic rings. The van der Waals surface area contributed by atoms with Crippen LogP contribution in [0, 0.1) is 0 Å². The van der Waals surface area contributed by atoms with Crippen LogP contribution in [0.4, 0.5) is 0 Å². The average molecular weight is 318 g/mol. The molecule has 3 N–H and O–H groups in total. The lowest BCUT2D eigenvalue weighted by Gasteiger charge is -2.28. The van der Waals surface area contributed by atoms with Crippen LogP contribution in [0.15, 0.2) is 0 Å². The first-order valence-electron chi connectivity index (χ1n) is 7.81. The molecular weight excluding hydrogens is 292 g/mol. The summed E-state index contributed by atoms with van der Waals surface area (Å²) in [5.41, 5.74) is -0.793. The second kappa shape index (κ2) is 7.07. The minimum absolute atomic E-state index is 0.0185. The Hall–Kier alpha value is -0.660. The van der Waals surface area contributed by atoms with E-state index in [0.717, 1.165) is 38.5 Å². The molecule has 1 heterocycles. The summed E-state index contributed by atoms with van der Waals surface area (Å²) in [5, 5.41) is 16.3. The van der Waals surface area contributed by atoms with Gasteiger partial charge in [-0.1, -0.05) is 25.7 Å². The van der Waals surface area contributed by atoms with Gasteiger partial charge < -0.3 is 15.7 Å². The maximum atomic E-state index is 11.9. The molecule has 0 aromatic carbocycles. The van der Waals surface area contributed by atoms with Gasteiger partial charge in [-0.2, -0.15) is 0 Å². The monoisotopic (exact) mass is 318 g/mol. The van der Waals surface area contributed by atoms with Crippen LogP contribution < -0.4 is 10.6 Å². The highest BCUT2D eigenvalue weighted by Crippen LogP contribution is 2.26. The lowest BCUT2D eigenvalue weighted by molar-refractivity contribution is -0.122. The van der Waals surface area contributed by atoms with E-state index in [1.165, 1.54) is 0 Å². The molecule has 1 amide bonds. The summed E-state index contributed by atoms with van der Waals surface area (Å²) in [4.78, 5) is 11.9. The molecule has 1 saturated carbocycles. The normalized spacial score (nSPS) is 28.5. The molecule has 1 unspecified atom stereocenters. The van der Waals surface area contributed by atoms with Crippen molar-refractivity contribution in [3.8, 4) is 0 Å². The van der Waals surface area contributed by atoms with Crippen LogP contribution in [0.5, 0.6) is 0 Å². The van der Waals surface area contributed by atoms with Gasteiger partial charge in [0.2, 0.25) is 5.91 Å². The first kappa shape index (κ1) is 16.7. The van der Waals surface area contributed by atoms with Crippen molar-refractivity contribution < 1.29 is 18.3 Å². The number of sulfone groups is 1. The fraction of sp³-hybridized carbons (Fsp3) is 0.929. The molecule has 122 valence electrons. The van der Waals surface area contributed by atoms with Gasteiger partial charge >= 0.3 is 0 Å². The molecule has 0 bridgehead atoms. The van der Waals surface area contributed by atoms with Crippen molar-refractivity contribution in [1.29, 1.82) is 0 Å². The standard InChI is InChI=1S/C14H26N2O4S/c17-13(9-12-10-21(19,20)8-7-15-12)16-11-14(18)5-3-1-2-4-6-14/h12,15,18H,1-11H2,(H,16,17). The minimum atomic E-state index is -3.02. The fourth-order valence-electron chi connectivity index (χ4n) is 3.12. The smallest absolute Gasteiger partial charge is 0.221 e. The summed E-state index contributed by atoms with van der Waals surface area (Å²) in [5.74, 6) is -0.0301. The molecule has 0 radical (unpaired) electrons. The maximum absolute atomic E-state index is 11.9. The molecule has 21 heavy (non-hydrogen) atoms. The molecule has 1 aliphatic carbocycles. The molecule has 2 fully saturated rings. The van der Waals surface area contributed by atoms with Crippen molar-refractivity contribution in [3.63, 3.8) is 0 Å². The highest BCUT2D eigenvalue weighted by molar-refractivity contribution is 7.91. The van der Waals surface area contributed by atoms with E-state index in [0.29, 0.717) is 6.54 Å². The number of carbonyl (C=O) groups excluding carboxylic acids is 1. The summed E-state index contributed by atoms with van der Waals surface area (Å²) in [6.45, 7) is 0.676. The van der Waals surface area contributed by atoms with E-state index in [1.807, 2.05) is 0 Å². The number of amides is 1. The molecule has 2 rings (SSSR count). The lowest BCUT2D eigenvalue weighted by Crippen LogP contribution is -2.49. The van der Waals surface area contributed by atoms with Crippen LogP contribution in [-0.2, 0) is 14.6 Å². The zero-order valence-corrected chi connectivity index (χ0v) is 13.3. The van der Waals surface area contributed by atoms with Gasteiger partial charge in [0, 0.05) is 25.6 Å². The van der Waals surface area contributed by atoms with E-state index >= 15 is 0 Å². The summed E-state index contributed by atoms with van der Waals surface area (Å²) in [7, 11) is -3.02. The van der Waals surface area contributed by atoms with Gasteiger partial charge in [0.05, 0.1) is 17.1 Å². The molecule has 6 nitrogen and oxygen atoms in total. The third-order valence-corrected chi connectivity index (χ3v) is 6.12. The van der Waals surface area contributed by atoms with E-state index < -0.39 is 15.4 Å². The second-order valence-corrected chi connectivity index (χ2v) is 8.61. The van der Waals surface area contributed by atoms with Crippen molar-refractivity contribution >= 4 is 15.7 Å². The quantitative estimate of drug-likeness (QED) is 0.633. The highest BCUT2D eigenvalue weighted by Gasteiger charge is 2.30. The number of rotatable bonds is 4. The second-order valence-electron chi connectivity index (χ2n) is 6.38. The molecule has 1 atom stereocenters. The molecule has 0 aromatic rings. The number of carbonyl (C=O) groups is 1. The Morgan fingerprint density at radius 2 is 1.90 bits per heavy atom. The van der Waals surface area contributed by atoms with Crippen LogP contribution in [0.25, 0.3) is 0 Å². The molecular formula is C14H26N2O4S. The summed E-state index contributed by atoms with van der Waals surface area (Å²) in [6.07, 6.45) is 5.87. The first-order chi connectivity index (χ1) is 9.89.